The van der Waals surface area contributed by atoms with E-state index in [1.165, 1.54) is 11.1 Å². The van der Waals surface area contributed by atoms with Crippen LogP contribution in [-0.4, -0.2) is 15.1 Å². The van der Waals surface area contributed by atoms with E-state index in [9.17, 15) is 5.11 Å². The average molecular weight is 498 g/mol. The maximum atomic E-state index is 10.7. The van der Waals surface area contributed by atoms with Gasteiger partial charge in [-0.1, -0.05) is 64.5 Å². The molecule has 0 aliphatic heterocycles. The molecule has 0 spiro atoms. The molecule has 0 saturated heterocycles. The molecule has 0 amide bonds. The van der Waals surface area contributed by atoms with Gasteiger partial charge in [-0.15, -0.1) is 0 Å². The van der Waals surface area contributed by atoms with Crippen molar-refractivity contribution in [3.63, 3.8) is 0 Å². The van der Waals surface area contributed by atoms with Crippen LogP contribution in [0.2, 0.25) is 0 Å². The maximum absolute atomic E-state index is 10.7. The van der Waals surface area contributed by atoms with Gasteiger partial charge in [0, 0.05) is 39.9 Å². The Morgan fingerprint density at radius 2 is 1.65 bits per heavy atom. The summed E-state index contributed by atoms with van der Waals surface area (Å²) in [5, 5.41) is 10.7. The molecule has 1 aromatic carbocycles. The molecule has 0 bridgehead atoms. The number of aliphatic hydroxyl groups excluding tert-OH is 1. The van der Waals surface area contributed by atoms with Crippen LogP contribution >= 0.6 is 0 Å². The summed E-state index contributed by atoms with van der Waals surface area (Å²) < 4.78 is 0. The summed E-state index contributed by atoms with van der Waals surface area (Å²) in [6.45, 7) is 21.1. The molecule has 0 aliphatic rings. The second-order valence-corrected chi connectivity index (χ2v) is 11.5. The Labute approximate surface area is 223 Å². The molecular formula is C33H43N3O. The first kappa shape index (κ1) is 28.3. The smallest absolute Gasteiger partial charge is 0.0938 e. The van der Waals surface area contributed by atoms with E-state index in [-0.39, 0.29) is 5.41 Å². The van der Waals surface area contributed by atoms with Gasteiger partial charge in [0.15, 0.2) is 0 Å². The number of aliphatic hydroxyl groups is 1. The summed E-state index contributed by atoms with van der Waals surface area (Å²) in [4.78, 5) is 12.0. The molecule has 2 heterocycles. The molecule has 1 unspecified atom stereocenters. The van der Waals surface area contributed by atoms with E-state index in [0.717, 1.165) is 39.6 Å². The number of anilines is 2. The average Bonchev–Trinajstić information content (AvgIpc) is 2.81. The number of hydrogen-bond acceptors (Lipinski definition) is 4. The van der Waals surface area contributed by atoms with Gasteiger partial charge in [-0.25, -0.2) is 0 Å². The minimum absolute atomic E-state index is 0.120. The minimum atomic E-state index is -0.712. The first-order chi connectivity index (χ1) is 17.3. The lowest BCUT2D eigenvalue weighted by Crippen LogP contribution is -2.18. The van der Waals surface area contributed by atoms with Crippen LogP contribution in [-0.2, 0) is 5.41 Å². The molecule has 0 fully saturated rings. The number of aromatic nitrogens is 2. The highest BCUT2D eigenvalue weighted by Gasteiger charge is 2.24. The molecular weight excluding hydrogens is 454 g/mol. The third kappa shape index (κ3) is 6.56. The lowest BCUT2D eigenvalue weighted by molar-refractivity contribution is 0.194. The molecule has 1 atom stereocenters. The van der Waals surface area contributed by atoms with Gasteiger partial charge < -0.3 is 10.0 Å². The molecule has 0 radical (unpaired) electrons. The minimum Gasteiger partial charge on any atom is -0.387 e. The van der Waals surface area contributed by atoms with Crippen LogP contribution in [0, 0.1) is 19.8 Å². The van der Waals surface area contributed by atoms with E-state index in [2.05, 4.69) is 122 Å². The van der Waals surface area contributed by atoms with Crippen molar-refractivity contribution in [3.05, 3.63) is 94.6 Å². The van der Waals surface area contributed by atoms with E-state index in [4.69, 9.17) is 9.97 Å². The van der Waals surface area contributed by atoms with Crippen molar-refractivity contribution < 1.29 is 5.11 Å². The van der Waals surface area contributed by atoms with E-state index >= 15 is 0 Å². The highest BCUT2D eigenvalue weighted by Crippen LogP contribution is 2.38. The van der Waals surface area contributed by atoms with E-state index in [1.807, 2.05) is 6.20 Å². The third-order valence-corrected chi connectivity index (χ3v) is 6.42. The van der Waals surface area contributed by atoms with Crippen molar-refractivity contribution in [3.8, 4) is 11.3 Å². The molecule has 3 rings (SSSR count). The SMILES string of the molecule is CC(C)=C(/C=C\C(C)C)N(c1ccnc(-c2c(C)cc(C(C)(C)C)nc2C(C)O)c1)c1ccccc1C. The topological polar surface area (TPSA) is 49.2 Å². The number of rotatable bonds is 7. The van der Waals surface area contributed by atoms with Crippen molar-refractivity contribution in [2.24, 2.45) is 5.92 Å². The van der Waals surface area contributed by atoms with Gasteiger partial charge in [0.1, 0.15) is 0 Å². The zero-order valence-corrected chi connectivity index (χ0v) is 24.2. The molecule has 1 N–H and O–H groups in total. The van der Waals surface area contributed by atoms with Crippen molar-refractivity contribution >= 4 is 11.4 Å². The van der Waals surface area contributed by atoms with Gasteiger partial charge in [-0.3, -0.25) is 9.97 Å². The molecule has 0 saturated carbocycles. The molecule has 0 aliphatic carbocycles. The van der Waals surface area contributed by atoms with Gasteiger partial charge in [-0.2, -0.15) is 0 Å². The summed E-state index contributed by atoms with van der Waals surface area (Å²) in [6.07, 6.45) is 5.60. The number of benzene rings is 1. The fraction of sp³-hybridized carbons (Fsp3) is 0.394. The van der Waals surface area contributed by atoms with Crippen LogP contribution in [0.1, 0.15) is 84.0 Å². The molecule has 4 heteroatoms. The third-order valence-electron chi connectivity index (χ3n) is 6.42. The maximum Gasteiger partial charge on any atom is 0.0938 e. The monoisotopic (exact) mass is 497 g/mol. The zero-order valence-electron chi connectivity index (χ0n) is 24.2. The summed E-state index contributed by atoms with van der Waals surface area (Å²) in [5.74, 6) is 0.435. The second-order valence-electron chi connectivity index (χ2n) is 11.5. The number of hydrogen-bond donors (Lipinski definition) is 1. The lowest BCUT2D eigenvalue weighted by Gasteiger charge is -2.30. The van der Waals surface area contributed by atoms with Crippen LogP contribution in [0.5, 0.6) is 0 Å². The van der Waals surface area contributed by atoms with E-state index < -0.39 is 6.10 Å². The highest BCUT2D eigenvalue weighted by molar-refractivity contribution is 5.77. The van der Waals surface area contributed by atoms with Gasteiger partial charge in [-0.05, 0) is 82.0 Å². The standard InChI is InChI=1S/C33H43N3O/c1-21(2)15-16-28(22(3)4)36(29-14-12-11-13-23(29)5)26-17-18-34-27(20-26)31-24(6)19-30(33(8,9)10)35-32(31)25(7)37/h11-21,25,37H,1-10H3/b16-15-. The van der Waals surface area contributed by atoms with Gasteiger partial charge in [0.2, 0.25) is 0 Å². The Bertz CT molecular complexity index is 1310. The van der Waals surface area contributed by atoms with Gasteiger partial charge in [0.05, 0.1) is 17.5 Å². The summed E-state index contributed by atoms with van der Waals surface area (Å²) in [7, 11) is 0. The Morgan fingerprint density at radius 3 is 2.22 bits per heavy atom. The summed E-state index contributed by atoms with van der Waals surface area (Å²) in [6, 6.07) is 14.7. The Hall–Kier alpha value is -3.24. The van der Waals surface area contributed by atoms with Crippen LogP contribution in [0.25, 0.3) is 11.3 Å². The summed E-state index contributed by atoms with van der Waals surface area (Å²) in [5.41, 5.74) is 9.95. The number of para-hydroxylation sites is 1. The Morgan fingerprint density at radius 1 is 0.973 bits per heavy atom. The second kappa shape index (κ2) is 11.4. The largest absolute Gasteiger partial charge is 0.387 e. The number of nitrogens with zero attached hydrogens (tertiary/aromatic N) is 3. The van der Waals surface area contributed by atoms with Crippen LogP contribution < -0.4 is 4.90 Å². The number of aryl methyl sites for hydroxylation is 2. The van der Waals surface area contributed by atoms with Crippen LogP contribution in [0.3, 0.4) is 0 Å². The molecule has 37 heavy (non-hydrogen) atoms. The number of pyridine rings is 2. The van der Waals surface area contributed by atoms with Gasteiger partial charge in [0.25, 0.3) is 0 Å². The lowest BCUT2D eigenvalue weighted by atomic mass is 9.88. The Balaban J connectivity index is 2.29. The fourth-order valence-corrected chi connectivity index (χ4v) is 4.38. The number of allylic oxidation sites excluding steroid dienone is 3. The molecule has 3 aromatic rings. The zero-order chi connectivity index (χ0) is 27.5. The molecule has 2 aromatic heterocycles. The quantitative estimate of drug-likeness (QED) is 0.331. The summed E-state index contributed by atoms with van der Waals surface area (Å²) >= 11 is 0. The van der Waals surface area contributed by atoms with Crippen molar-refractivity contribution in [2.75, 3.05) is 4.90 Å². The van der Waals surface area contributed by atoms with Crippen LogP contribution in [0.15, 0.2) is 72.1 Å². The van der Waals surface area contributed by atoms with E-state index in [1.54, 1.807) is 6.92 Å². The predicted molar refractivity (Wildman–Crippen MR) is 157 cm³/mol. The first-order valence-corrected chi connectivity index (χ1v) is 13.2. The predicted octanol–water partition coefficient (Wildman–Crippen LogP) is 8.76. The van der Waals surface area contributed by atoms with Crippen molar-refractivity contribution in [1.29, 1.82) is 0 Å². The van der Waals surface area contributed by atoms with Crippen molar-refractivity contribution in [1.82, 2.24) is 9.97 Å². The molecule has 196 valence electrons. The highest BCUT2D eigenvalue weighted by atomic mass is 16.3. The van der Waals surface area contributed by atoms with E-state index in [0.29, 0.717) is 11.6 Å². The van der Waals surface area contributed by atoms with Gasteiger partial charge >= 0.3 is 0 Å². The molecule has 4 nitrogen and oxygen atoms in total. The first-order valence-electron chi connectivity index (χ1n) is 13.2. The normalized spacial score (nSPS) is 12.8. The Kier molecular flexibility index (Phi) is 8.76. The van der Waals surface area contributed by atoms with Crippen molar-refractivity contribution in [2.45, 2.75) is 80.8 Å². The fourth-order valence-electron chi connectivity index (χ4n) is 4.38. The van der Waals surface area contributed by atoms with Crippen LogP contribution in [0.4, 0.5) is 11.4 Å².